The van der Waals surface area contributed by atoms with Gasteiger partial charge in [0.05, 0.1) is 13.2 Å². The van der Waals surface area contributed by atoms with Crippen LogP contribution in [0.25, 0.3) is 11.3 Å². The highest BCUT2D eigenvalue weighted by Gasteiger charge is 2.25. The lowest BCUT2D eigenvalue weighted by Crippen LogP contribution is -2.36. The van der Waals surface area contributed by atoms with Crippen LogP contribution in [0.5, 0.6) is 5.75 Å². The van der Waals surface area contributed by atoms with Crippen molar-refractivity contribution in [2.75, 3.05) is 26.7 Å². The fourth-order valence-electron chi connectivity index (χ4n) is 3.75. The first-order valence-corrected chi connectivity index (χ1v) is 10.8. The SMILES string of the molecule is COc1ccc(C(CNC(=O)c2cc(-c3ccc(Br)cc3)on2)N2CCCC2)cc1. The van der Waals surface area contributed by atoms with Crippen molar-refractivity contribution in [3.8, 4) is 17.1 Å². The lowest BCUT2D eigenvalue weighted by molar-refractivity contribution is 0.0929. The lowest BCUT2D eigenvalue weighted by atomic mass is 10.1. The molecule has 2 heterocycles. The maximum Gasteiger partial charge on any atom is 0.273 e. The largest absolute Gasteiger partial charge is 0.497 e. The molecular weight excluding hydrogens is 446 g/mol. The van der Waals surface area contributed by atoms with E-state index in [1.54, 1.807) is 13.2 Å². The molecule has 1 N–H and O–H groups in total. The highest BCUT2D eigenvalue weighted by Crippen LogP contribution is 2.27. The number of aromatic nitrogens is 1. The summed E-state index contributed by atoms with van der Waals surface area (Å²) in [7, 11) is 1.66. The predicted molar refractivity (Wildman–Crippen MR) is 119 cm³/mol. The van der Waals surface area contributed by atoms with E-state index < -0.39 is 0 Å². The molecule has 1 fully saturated rings. The number of rotatable bonds is 7. The van der Waals surface area contributed by atoms with E-state index in [2.05, 4.69) is 43.4 Å². The molecule has 1 unspecified atom stereocenters. The van der Waals surface area contributed by atoms with Crippen LogP contribution in [0.1, 0.15) is 34.9 Å². The van der Waals surface area contributed by atoms with Crippen LogP contribution in [0.4, 0.5) is 0 Å². The maximum absolute atomic E-state index is 12.7. The molecule has 1 atom stereocenters. The van der Waals surface area contributed by atoms with Crippen molar-refractivity contribution in [1.29, 1.82) is 0 Å². The van der Waals surface area contributed by atoms with Gasteiger partial charge >= 0.3 is 0 Å². The molecule has 7 heteroatoms. The minimum atomic E-state index is -0.236. The molecule has 0 aliphatic carbocycles. The van der Waals surface area contributed by atoms with Crippen LogP contribution in [0.3, 0.4) is 0 Å². The molecule has 1 aliphatic heterocycles. The van der Waals surface area contributed by atoms with Crippen LogP contribution < -0.4 is 10.1 Å². The van der Waals surface area contributed by atoms with E-state index in [0.717, 1.165) is 34.4 Å². The molecule has 0 radical (unpaired) electrons. The van der Waals surface area contributed by atoms with Gasteiger partial charge in [0.15, 0.2) is 11.5 Å². The van der Waals surface area contributed by atoms with Gasteiger partial charge in [-0.3, -0.25) is 9.69 Å². The van der Waals surface area contributed by atoms with E-state index in [9.17, 15) is 4.79 Å². The van der Waals surface area contributed by atoms with Gasteiger partial charge in [0.1, 0.15) is 5.75 Å². The molecule has 1 aliphatic rings. The minimum absolute atomic E-state index is 0.111. The van der Waals surface area contributed by atoms with Gasteiger partial charge in [-0.2, -0.15) is 0 Å². The summed E-state index contributed by atoms with van der Waals surface area (Å²) in [5, 5.41) is 6.99. The number of methoxy groups -OCH3 is 1. The molecule has 156 valence electrons. The van der Waals surface area contributed by atoms with Crippen LogP contribution in [-0.2, 0) is 0 Å². The van der Waals surface area contributed by atoms with Crippen molar-refractivity contribution < 1.29 is 14.1 Å². The van der Waals surface area contributed by atoms with E-state index >= 15 is 0 Å². The van der Waals surface area contributed by atoms with Crippen LogP contribution in [0.2, 0.25) is 0 Å². The van der Waals surface area contributed by atoms with Crippen LogP contribution in [0, 0.1) is 0 Å². The number of carbonyl (C=O) groups is 1. The summed E-state index contributed by atoms with van der Waals surface area (Å²) in [5.41, 5.74) is 2.31. The zero-order valence-electron chi connectivity index (χ0n) is 16.8. The number of nitrogens with zero attached hydrogens (tertiary/aromatic N) is 2. The first-order valence-electron chi connectivity index (χ1n) is 10.0. The Bertz CT molecular complexity index is 980. The molecule has 1 amide bonds. The number of hydrogen-bond donors (Lipinski definition) is 1. The van der Waals surface area contributed by atoms with Crippen LogP contribution in [-0.4, -0.2) is 42.7 Å². The minimum Gasteiger partial charge on any atom is -0.497 e. The topological polar surface area (TPSA) is 67.6 Å². The fraction of sp³-hybridized carbons (Fsp3) is 0.304. The Hall–Kier alpha value is -2.64. The number of benzene rings is 2. The fourth-order valence-corrected chi connectivity index (χ4v) is 4.01. The molecule has 0 bridgehead atoms. The second kappa shape index (κ2) is 9.45. The molecule has 0 saturated carbocycles. The average molecular weight is 470 g/mol. The monoisotopic (exact) mass is 469 g/mol. The van der Waals surface area contributed by atoms with E-state index in [-0.39, 0.29) is 17.6 Å². The van der Waals surface area contributed by atoms with Gasteiger partial charge in [-0.15, -0.1) is 0 Å². The van der Waals surface area contributed by atoms with Crippen molar-refractivity contribution in [2.24, 2.45) is 0 Å². The smallest absolute Gasteiger partial charge is 0.273 e. The van der Waals surface area contributed by atoms with Gasteiger partial charge in [0, 0.05) is 22.6 Å². The third kappa shape index (κ3) is 4.74. The number of hydrogen-bond acceptors (Lipinski definition) is 5. The third-order valence-electron chi connectivity index (χ3n) is 5.41. The predicted octanol–water partition coefficient (Wildman–Crippen LogP) is 4.68. The lowest BCUT2D eigenvalue weighted by Gasteiger charge is -2.28. The van der Waals surface area contributed by atoms with Crippen LogP contribution >= 0.6 is 15.9 Å². The Morgan fingerprint density at radius 1 is 1.17 bits per heavy atom. The highest BCUT2D eigenvalue weighted by atomic mass is 79.9. The van der Waals surface area contributed by atoms with Gasteiger partial charge in [-0.05, 0) is 55.8 Å². The zero-order valence-corrected chi connectivity index (χ0v) is 18.4. The van der Waals surface area contributed by atoms with Crippen molar-refractivity contribution in [1.82, 2.24) is 15.4 Å². The van der Waals surface area contributed by atoms with Crippen molar-refractivity contribution in [3.05, 3.63) is 70.3 Å². The average Bonchev–Trinajstić information content (AvgIpc) is 3.47. The van der Waals surface area contributed by atoms with Gasteiger partial charge in [0.25, 0.3) is 5.91 Å². The number of ether oxygens (including phenoxy) is 1. The normalized spacial score (nSPS) is 15.1. The zero-order chi connectivity index (χ0) is 20.9. The summed E-state index contributed by atoms with van der Waals surface area (Å²) in [4.78, 5) is 15.1. The van der Waals surface area contributed by atoms with Gasteiger partial charge in [-0.25, -0.2) is 0 Å². The molecule has 3 aromatic rings. The number of amides is 1. The highest BCUT2D eigenvalue weighted by molar-refractivity contribution is 9.10. The number of halogens is 1. The summed E-state index contributed by atoms with van der Waals surface area (Å²) in [6.45, 7) is 2.57. The second-order valence-electron chi connectivity index (χ2n) is 7.33. The molecule has 30 heavy (non-hydrogen) atoms. The molecule has 4 rings (SSSR count). The Balaban J connectivity index is 1.45. The standard InChI is InChI=1S/C23H24BrN3O3/c1-29-19-10-6-16(7-11-19)21(27-12-2-3-13-27)15-25-23(28)20-14-22(30-26-20)17-4-8-18(24)9-5-17/h4-11,14,21H,2-3,12-13,15H2,1H3,(H,25,28). The van der Waals surface area contributed by atoms with Gasteiger partial charge < -0.3 is 14.6 Å². The van der Waals surface area contributed by atoms with Crippen molar-refractivity contribution in [2.45, 2.75) is 18.9 Å². The molecule has 1 aromatic heterocycles. The molecule has 1 saturated heterocycles. The van der Waals surface area contributed by atoms with Crippen LogP contribution in [0.15, 0.2) is 63.6 Å². The number of carbonyl (C=O) groups excluding carboxylic acids is 1. The summed E-state index contributed by atoms with van der Waals surface area (Å²) < 4.78 is 11.6. The number of likely N-dealkylation sites (tertiary alicyclic amines) is 1. The molecule has 2 aromatic carbocycles. The Kier molecular flexibility index (Phi) is 6.50. The Labute approximate surface area is 184 Å². The summed E-state index contributed by atoms with van der Waals surface area (Å²) in [5.74, 6) is 1.16. The summed E-state index contributed by atoms with van der Waals surface area (Å²) >= 11 is 3.41. The molecule has 6 nitrogen and oxygen atoms in total. The quantitative estimate of drug-likeness (QED) is 0.543. The van der Waals surface area contributed by atoms with E-state index in [1.165, 1.54) is 12.8 Å². The summed E-state index contributed by atoms with van der Waals surface area (Å²) in [6, 6.07) is 17.5. The molecule has 0 spiro atoms. The van der Waals surface area contributed by atoms with Gasteiger partial charge in [0.2, 0.25) is 0 Å². The van der Waals surface area contributed by atoms with E-state index in [0.29, 0.717) is 12.3 Å². The van der Waals surface area contributed by atoms with Crippen molar-refractivity contribution >= 4 is 21.8 Å². The Morgan fingerprint density at radius 3 is 2.53 bits per heavy atom. The second-order valence-corrected chi connectivity index (χ2v) is 8.24. The third-order valence-corrected chi connectivity index (χ3v) is 5.94. The van der Waals surface area contributed by atoms with E-state index in [1.807, 2.05) is 36.4 Å². The molecular formula is C23H24BrN3O3. The number of nitrogens with one attached hydrogen (secondary N) is 1. The van der Waals surface area contributed by atoms with E-state index in [4.69, 9.17) is 9.26 Å². The summed E-state index contributed by atoms with van der Waals surface area (Å²) in [6.07, 6.45) is 2.36. The first kappa shape index (κ1) is 20.6. The van der Waals surface area contributed by atoms with Crippen molar-refractivity contribution in [3.63, 3.8) is 0 Å². The Morgan fingerprint density at radius 2 is 1.87 bits per heavy atom. The first-order chi connectivity index (χ1) is 14.6. The van der Waals surface area contributed by atoms with Gasteiger partial charge in [-0.1, -0.05) is 45.4 Å². The maximum atomic E-state index is 12.7.